The molecule has 0 aliphatic rings. The average Bonchev–Trinajstić information content (AvgIpc) is 2.24. The molecule has 0 aromatic heterocycles. The smallest absolute Gasteiger partial charge is 0.253 e. The molecule has 1 aromatic carbocycles. The van der Waals surface area contributed by atoms with Gasteiger partial charge in [-0.3, -0.25) is 4.79 Å². The van der Waals surface area contributed by atoms with Crippen molar-refractivity contribution in [2.45, 2.75) is 0 Å². The Morgan fingerprint density at radius 1 is 1.31 bits per heavy atom. The Labute approximate surface area is 90.6 Å². The van der Waals surface area contributed by atoms with Crippen LogP contribution in [0.5, 0.6) is 0 Å². The maximum absolute atomic E-state index is 12.8. The lowest BCUT2D eigenvalue weighted by molar-refractivity contribution is 0.0797. The van der Waals surface area contributed by atoms with Crippen LogP contribution in [0.1, 0.15) is 10.4 Å². The molecule has 0 aliphatic heterocycles. The monoisotopic (exact) mass is 232 g/mol. The number of rotatable bonds is 3. The molecule has 0 fully saturated rings. The highest BCUT2D eigenvalue weighted by Gasteiger charge is 2.17. The van der Waals surface area contributed by atoms with E-state index in [0.717, 1.165) is 0 Å². The van der Waals surface area contributed by atoms with Crippen molar-refractivity contribution in [3.63, 3.8) is 0 Å². The standard InChI is InChI=1S/C10H11F3N2O/c1-15(3-2-14)10(16)6-4-7(11)9(13)8(12)5-6/h4-5H,2-3,14H2,1H3. The first-order valence-corrected chi connectivity index (χ1v) is 4.57. The maximum Gasteiger partial charge on any atom is 0.253 e. The number of nitrogens with two attached hydrogens (primary N) is 1. The lowest BCUT2D eigenvalue weighted by Crippen LogP contribution is -2.31. The number of likely N-dealkylation sites (N-methyl/N-ethyl adjacent to an activating group) is 1. The molecule has 2 N–H and O–H groups in total. The van der Waals surface area contributed by atoms with Gasteiger partial charge in [-0.15, -0.1) is 0 Å². The molecule has 0 unspecified atom stereocenters. The highest BCUT2D eigenvalue weighted by atomic mass is 19.2. The second-order valence-corrected chi connectivity index (χ2v) is 3.27. The maximum atomic E-state index is 12.8. The predicted molar refractivity (Wildman–Crippen MR) is 52.3 cm³/mol. The molecule has 3 nitrogen and oxygen atoms in total. The van der Waals surface area contributed by atoms with E-state index in [9.17, 15) is 18.0 Å². The normalized spacial score (nSPS) is 10.3. The van der Waals surface area contributed by atoms with Crippen LogP contribution in [0.15, 0.2) is 12.1 Å². The zero-order valence-corrected chi connectivity index (χ0v) is 8.64. The zero-order chi connectivity index (χ0) is 12.3. The van der Waals surface area contributed by atoms with Crippen LogP contribution in [-0.2, 0) is 0 Å². The van der Waals surface area contributed by atoms with E-state index in [1.54, 1.807) is 0 Å². The third kappa shape index (κ3) is 2.52. The second-order valence-electron chi connectivity index (χ2n) is 3.27. The van der Waals surface area contributed by atoms with E-state index in [4.69, 9.17) is 5.73 Å². The van der Waals surface area contributed by atoms with Crippen molar-refractivity contribution in [1.29, 1.82) is 0 Å². The Bertz CT molecular complexity index is 386. The van der Waals surface area contributed by atoms with Gasteiger partial charge < -0.3 is 10.6 Å². The van der Waals surface area contributed by atoms with Gasteiger partial charge in [0.05, 0.1) is 0 Å². The summed E-state index contributed by atoms with van der Waals surface area (Å²) in [5.74, 6) is -4.96. The van der Waals surface area contributed by atoms with Crippen LogP contribution in [0.3, 0.4) is 0 Å². The molecule has 16 heavy (non-hydrogen) atoms. The molecule has 0 saturated carbocycles. The Morgan fingerprint density at radius 3 is 2.25 bits per heavy atom. The number of benzene rings is 1. The van der Waals surface area contributed by atoms with Crippen LogP contribution >= 0.6 is 0 Å². The van der Waals surface area contributed by atoms with E-state index in [2.05, 4.69) is 0 Å². The van der Waals surface area contributed by atoms with Gasteiger partial charge in [0, 0.05) is 25.7 Å². The summed E-state index contributed by atoms with van der Waals surface area (Å²) in [6.07, 6.45) is 0. The molecule has 0 saturated heterocycles. The SMILES string of the molecule is CN(CCN)C(=O)c1cc(F)c(F)c(F)c1. The van der Waals surface area contributed by atoms with E-state index in [1.807, 2.05) is 0 Å². The van der Waals surface area contributed by atoms with E-state index < -0.39 is 23.4 Å². The minimum Gasteiger partial charge on any atom is -0.340 e. The van der Waals surface area contributed by atoms with Crippen molar-refractivity contribution in [3.05, 3.63) is 35.1 Å². The fourth-order valence-electron chi connectivity index (χ4n) is 1.19. The number of amides is 1. The molecule has 88 valence electrons. The van der Waals surface area contributed by atoms with Crippen LogP contribution in [-0.4, -0.2) is 30.9 Å². The first kappa shape index (κ1) is 12.5. The van der Waals surface area contributed by atoms with Gasteiger partial charge in [-0.2, -0.15) is 0 Å². The molecular weight excluding hydrogens is 221 g/mol. The quantitative estimate of drug-likeness (QED) is 0.794. The van der Waals surface area contributed by atoms with Crippen molar-refractivity contribution in [3.8, 4) is 0 Å². The lowest BCUT2D eigenvalue weighted by Gasteiger charge is -2.16. The first-order valence-electron chi connectivity index (χ1n) is 4.57. The summed E-state index contributed by atoms with van der Waals surface area (Å²) in [6, 6.07) is 1.32. The molecule has 6 heteroatoms. The van der Waals surface area contributed by atoms with E-state index in [0.29, 0.717) is 12.1 Å². The van der Waals surface area contributed by atoms with E-state index >= 15 is 0 Å². The molecule has 0 radical (unpaired) electrons. The molecule has 1 rings (SSSR count). The fourth-order valence-corrected chi connectivity index (χ4v) is 1.19. The van der Waals surface area contributed by atoms with Crippen LogP contribution in [0, 0.1) is 17.5 Å². The van der Waals surface area contributed by atoms with Crippen molar-refractivity contribution in [2.75, 3.05) is 20.1 Å². The second kappa shape index (κ2) is 4.98. The van der Waals surface area contributed by atoms with Crippen LogP contribution in [0.25, 0.3) is 0 Å². The van der Waals surface area contributed by atoms with Crippen molar-refractivity contribution in [1.82, 2.24) is 4.90 Å². The third-order valence-corrected chi connectivity index (χ3v) is 2.04. The number of halogens is 3. The van der Waals surface area contributed by atoms with Gasteiger partial charge in [-0.05, 0) is 12.1 Å². The van der Waals surface area contributed by atoms with Crippen molar-refractivity contribution in [2.24, 2.45) is 5.73 Å². The first-order chi connectivity index (χ1) is 7.47. The topological polar surface area (TPSA) is 46.3 Å². The summed E-state index contributed by atoms with van der Waals surface area (Å²) in [5, 5.41) is 0. The molecule has 0 bridgehead atoms. The Balaban J connectivity index is 3.01. The molecule has 0 atom stereocenters. The van der Waals surface area contributed by atoms with Gasteiger partial charge >= 0.3 is 0 Å². The summed E-state index contributed by atoms with van der Waals surface area (Å²) >= 11 is 0. The van der Waals surface area contributed by atoms with Crippen LogP contribution < -0.4 is 5.73 Å². The van der Waals surface area contributed by atoms with E-state index in [-0.39, 0.29) is 18.7 Å². The highest BCUT2D eigenvalue weighted by Crippen LogP contribution is 2.14. The average molecular weight is 232 g/mol. The number of nitrogens with zero attached hydrogens (tertiary/aromatic N) is 1. The summed E-state index contributed by atoms with van der Waals surface area (Å²) in [7, 11) is 1.44. The number of carbonyl (C=O) groups excluding carboxylic acids is 1. The Morgan fingerprint density at radius 2 is 1.81 bits per heavy atom. The van der Waals surface area contributed by atoms with Gasteiger partial charge in [0.25, 0.3) is 5.91 Å². The van der Waals surface area contributed by atoms with Crippen molar-refractivity contribution >= 4 is 5.91 Å². The lowest BCUT2D eigenvalue weighted by atomic mass is 10.2. The molecule has 0 aliphatic carbocycles. The summed E-state index contributed by atoms with van der Waals surface area (Å²) in [4.78, 5) is 12.8. The number of hydrogen-bond donors (Lipinski definition) is 1. The van der Waals surface area contributed by atoms with Gasteiger partial charge in [0.15, 0.2) is 17.5 Å². The van der Waals surface area contributed by atoms with Gasteiger partial charge in [-0.1, -0.05) is 0 Å². The van der Waals surface area contributed by atoms with Gasteiger partial charge in [-0.25, -0.2) is 13.2 Å². The van der Waals surface area contributed by atoms with Crippen LogP contribution in [0.4, 0.5) is 13.2 Å². The molecule has 1 amide bonds. The molecule has 0 spiro atoms. The summed E-state index contributed by atoms with van der Waals surface area (Å²) < 4.78 is 38.3. The third-order valence-electron chi connectivity index (χ3n) is 2.04. The minimum absolute atomic E-state index is 0.231. The molecule has 1 aromatic rings. The fraction of sp³-hybridized carbons (Fsp3) is 0.300. The molecular formula is C10H11F3N2O. The van der Waals surface area contributed by atoms with Gasteiger partial charge in [0.1, 0.15) is 0 Å². The number of hydrogen-bond acceptors (Lipinski definition) is 2. The molecule has 0 heterocycles. The Hall–Kier alpha value is -1.56. The van der Waals surface area contributed by atoms with Crippen LogP contribution in [0.2, 0.25) is 0 Å². The number of carbonyl (C=O) groups is 1. The Kier molecular flexibility index (Phi) is 3.89. The van der Waals surface area contributed by atoms with E-state index in [1.165, 1.54) is 11.9 Å². The zero-order valence-electron chi connectivity index (χ0n) is 8.64. The highest BCUT2D eigenvalue weighted by molar-refractivity contribution is 5.94. The summed E-state index contributed by atoms with van der Waals surface area (Å²) in [5.41, 5.74) is 4.98. The minimum atomic E-state index is -1.59. The summed E-state index contributed by atoms with van der Waals surface area (Å²) in [6.45, 7) is 0.480. The predicted octanol–water partition coefficient (Wildman–Crippen LogP) is 1.13. The van der Waals surface area contributed by atoms with Crippen molar-refractivity contribution < 1.29 is 18.0 Å². The largest absolute Gasteiger partial charge is 0.340 e. The van der Waals surface area contributed by atoms with Gasteiger partial charge in [0.2, 0.25) is 0 Å².